The van der Waals surface area contributed by atoms with Gasteiger partial charge < -0.3 is 24.7 Å². The molecule has 0 saturated heterocycles. The van der Waals surface area contributed by atoms with Crippen LogP contribution in [0.15, 0.2) is 102 Å². The van der Waals surface area contributed by atoms with Gasteiger partial charge in [-0.15, -0.1) is 0 Å². The quantitative estimate of drug-likeness (QED) is 0.132. The number of nitrogens with one attached hydrogen (secondary N) is 2. The van der Waals surface area contributed by atoms with Crippen LogP contribution < -0.4 is 20.9 Å². The SMILES string of the molecule is COc1ccc(Cn2cc(C)c(C)c(NC(=O)C(Cc3ccc(C(C)(C)C(=O)OC(C)(C)C)cc3)NC(=O)Cc3ccc4ccccc4c3)c2=O)cc1. The first-order valence-corrected chi connectivity index (χ1v) is 17.8. The predicted octanol–water partition coefficient (Wildman–Crippen LogP) is 7.20. The smallest absolute Gasteiger partial charge is 0.316 e. The minimum Gasteiger partial charge on any atom is -0.497 e. The number of esters is 1. The summed E-state index contributed by atoms with van der Waals surface area (Å²) in [4.78, 5) is 54.5. The number of amides is 2. The topological polar surface area (TPSA) is 116 Å². The molecule has 0 fully saturated rings. The lowest BCUT2D eigenvalue weighted by Crippen LogP contribution is -2.46. The number of anilines is 1. The Bertz CT molecular complexity index is 2180. The van der Waals surface area contributed by atoms with Crippen LogP contribution >= 0.6 is 0 Å². The van der Waals surface area contributed by atoms with Crippen molar-refractivity contribution in [3.63, 3.8) is 0 Å². The lowest BCUT2D eigenvalue weighted by atomic mass is 9.84. The second-order valence-corrected chi connectivity index (χ2v) is 15.1. The first-order chi connectivity index (χ1) is 25.0. The first kappa shape index (κ1) is 38.5. The molecule has 53 heavy (non-hydrogen) atoms. The van der Waals surface area contributed by atoms with Crippen LogP contribution in [0.2, 0.25) is 0 Å². The number of nitrogens with zero attached hydrogens (tertiary/aromatic N) is 1. The van der Waals surface area contributed by atoms with Crippen molar-refractivity contribution in [1.82, 2.24) is 9.88 Å². The van der Waals surface area contributed by atoms with Crippen LogP contribution in [-0.2, 0) is 43.9 Å². The van der Waals surface area contributed by atoms with E-state index in [0.29, 0.717) is 17.9 Å². The van der Waals surface area contributed by atoms with Crippen LogP contribution in [0.3, 0.4) is 0 Å². The monoisotopic (exact) mass is 715 g/mol. The molecule has 5 aromatic rings. The number of fused-ring (bicyclic) bond motifs is 1. The molecular formula is C44H49N3O6. The lowest BCUT2D eigenvalue weighted by molar-refractivity contribution is -0.160. The number of pyridine rings is 1. The van der Waals surface area contributed by atoms with Gasteiger partial charge >= 0.3 is 5.97 Å². The summed E-state index contributed by atoms with van der Waals surface area (Å²) in [5.74, 6) is -0.482. The molecule has 276 valence electrons. The van der Waals surface area contributed by atoms with E-state index in [9.17, 15) is 19.2 Å². The van der Waals surface area contributed by atoms with Gasteiger partial charge in [0.25, 0.3) is 5.56 Å². The highest BCUT2D eigenvalue weighted by Gasteiger charge is 2.34. The maximum atomic E-state index is 14.1. The zero-order valence-electron chi connectivity index (χ0n) is 31.8. The van der Waals surface area contributed by atoms with Crippen LogP contribution in [0, 0.1) is 13.8 Å². The average Bonchev–Trinajstić information content (AvgIpc) is 3.11. The van der Waals surface area contributed by atoms with Crippen molar-refractivity contribution in [1.29, 1.82) is 0 Å². The lowest BCUT2D eigenvalue weighted by Gasteiger charge is -2.29. The molecular weight excluding hydrogens is 666 g/mol. The van der Waals surface area contributed by atoms with Crippen molar-refractivity contribution in [2.45, 2.75) is 84.9 Å². The van der Waals surface area contributed by atoms with Gasteiger partial charge in [0.2, 0.25) is 11.8 Å². The number of ether oxygens (including phenoxy) is 2. The zero-order valence-corrected chi connectivity index (χ0v) is 31.8. The first-order valence-electron chi connectivity index (χ1n) is 17.8. The number of rotatable bonds is 12. The standard InChI is InChI=1S/C44H49N3O6/c1-28-26-47(27-31-16-21-36(52-8)22-17-31)41(50)39(29(28)2)46-40(49)37(45-38(48)25-32-13-18-33-11-9-10-12-34(33)23-32)24-30-14-19-35(20-15-30)44(6,7)42(51)53-43(3,4)5/h9-23,26,37H,24-25,27H2,1-8H3,(H,45,48)(H,46,49). The number of aryl methyl sites for hydroxylation is 1. The number of benzene rings is 4. The molecule has 9 heteroatoms. The summed E-state index contributed by atoms with van der Waals surface area (Å²) in [7, 11) is 1.60. The molecule has 0 bridgehead atoms. The molecule has 1 aromatic heterocycles. The van der Waals surface area contributed by atoms with Crippen molar-refractivity contribution >= 4 is 34.2 Å². The van der Waals surface area contributed by atoms with Crippen LogP contribution in [0.1, 0.15) is 68.0 Å². The zero-order chi connectivity index (χ0) is 38.5. The van der Waals surface area contributed by atoms with E-state index in [1.54, 1.807) is 24.8 Å². The molecule has 9 nitrogen and oxygen atoms in total. The Hall–Kier alpha value is -5.70. The van der Waals surface area contributed by atoms with Gasteiger partial charge in [0.05, 0.1) is 25.5 Å². The van der Waals surface area contributed by atoms with Gasteiger partial charge in [0.1, 0.15) is 23.1 Å². The van der Waals surface area contributed by atoms with Crippen molar-refractivity contribution in [2.24, 2.45) is 0 Å². The summed E-state index contributed by atoms with van der Waals surface area (Å²) in [6.07, 6.45) is 1.99. The highest BCUT2D eigenvalue weighted by molar-refractivity contribution is 5.98. The van der Waals surface area contributed by atoms with Gasteiger partial charge in [-0.3, -0.25) is 19.2 Å². The van der Waals surface area contributed by atoms with Gasteiger partial charge in [-0.05, 0) is 105 Å². The number of aromatic nitrogens is 1. The molecule has 0 aliphatic carbocycles. The van der Waals surface area contributed by atoms with Crippen LogP contribution in [0.25, 0.3) is 10.8 Å². The Morgan fingerprint density at radius 1 is 0.792 bits per heavy atom. The molecule has 1 unspecified atom stereocenters. The minimum absolute atomic E-state index is 0.0652. The molecule has 4 aromatic carbocycles. The Balaban J connectivity index is 1.41. The van der Waals surface area contributed by atoms with Gasteiger partial charge in [0, 0.05) is 12.6 Å². The van der Waals surface area contributed by atoms with E-state index >= 15 is 0 Å². The fraction of sp³-hybridized carbons (Fsp3) is 0.318. The largest absolute Gasteiger partial charge is 0.497 e. The number of carbonyl (C=O) groups excluding carboxylic acids is 3. The van der Waals surface area contributed by atoms with Gasteiger partial charge in [-0.1, -0.05) is 78.9 Å². The number of hydrogen-bond donors (Lipinski definition) is 2. The maximum absolute atomic E-state index is 14.1. The van der Waals surface area contributed by atoms with E-state index in [-0.39, 0.29) is 36.0 Å². The van der Waals surface area contributed by atoms with Crippen LogP contribution in [0.5, 0.6) is 5.75 Å². The van der Waals surface area contributed by atoms with Crippen LogP contribution in [0.4, 0.5) is 5.69 Å². The second kappa shape index (κ2) is 15.9. The maximum Gasteiger partial charge on any atom is 0.316 e. The average molecular weight is 716 g/mol. The number of hydrogen-bond acceptors (Lipinski definition) is 6. The van der Waals surface area contributed by atoms with Gasteiger partial charge in [0.15, 0.2) is 0 Å². The molecule has 1 atom stereocenters. The molecule has 0 radical (unpaired) electrons. The third-order valence-corrected chi connectivity index (χ3v) is 9.41. The highest BCUT2D eigenvalue weighted by atomic mass is 16.6. The van der Waals surface area contributed by atoms with Crippen molar-refractivity contribution in [3.8, 4) is 5.75 Å². The highest BCUT2D eigenvalue weighted by Crippen LogP contribution is 2.28. The van der Waals surface area contributed by atoms with E-state index in [1.165, 1.54) is 0 Å². The van der Waals surface area contributed by atoms with Crippen molar-refractivity contribution in [2.75, 3.05) is 12.4 Å². The summed E-state index contributed by atoms with van der Waals surface area (Å²) in [5, 5.41) is 7.91. The van der Waals surface area contributed by atoms with E-state index in [4.69, 9.17) is 9.47 Å². The minimum atomic E-state index is -1.01. The van der Waals surface area contributed by atoms with E-state index in [0.717, 1.165) is 38.6 Å². The Morgan fingerprint density at radius 2 is 1.42 bits per heavy atom. The third-order valence-electron chi connectivity index (χ3n) is 9.41. The molecule has 2 amide bonds. The Labute approximate surface area is 311 Å². The number of methoxy groups -OCH3 is 1. The summed E-state index contributed by atoms with van der Waals surface area (Å²) in [6.45, 7) is 13.1. The Kier molecular flexibility index (Phi) is 11.6. The fourth-order valence-corrected chi connectivity index (χ4v) is 6.10. The molecule has 0 aliphatic heterocycles. The van der Waals surface area contributed by atoms with E-state index in [2.05, 4.69) is 10.6 Å². The van der Waals surface area contributed by atoms with E-state index in [1.807, 2.05) is 133 Å². The van der Waals surface area contributed by atoms with Crippen molar-refractivity contribution < 1.29 is 23.9 Å². The van der Waals surface area contributed by atoms with Gasteiger partial charge in [-0.25, -0.2) is 0 Å². The summed E-state index contributed by atoms with van der Waals surface area (Å²) in [6, 6.07) is 27.6. The summed E-state index contributed by atoms with van der Waals surface area (Å²) in [5.41, 5.74) is 2.95. The fourth-order valence-electron chi connectivity index (χ4n) is 6.10. The molecule has 0 aliphatic rings. The summed E-state index contributed by atoms with van der Waals surface area (Å²) >= 11 is 0. The van der Waals surface area contributed by atoms with E-state index < -0.39 is 23.0 Å². The third kappa shape index (κ3) is 9.60. The molecule has 5 rings (SSSR count). The molecule has 1 heterocycles. The predicted molar refractivity (Wildman–Crippen MR) is 210 cm³/mol. The normalized spacial score (nSPS) is 12.2. The van der Waals surface area contributed by atoms with Gasteiger partial charge in [-0.2, -0.15) is 0 Å². The second-order valence-electron chi connectivity index (χ2n) is 15.1. The summed E-state index contributed by atoms with van der Waals surface area (Å²) < 4.78 is 12.5. The molecule has 2 N–H and O–H groups in total. The molecule has 0 saturated carbocycles. The van der Waals surface area contributed by atoms with Crippen LogP contribution in [-0.4, -0.2) is 41.1 Å². The Morgan fingerprint density at radius 3 is 2.06 bits per heavy atom. The molecule has 0 spiro atoms. The van der Waals surface area contributed by atoms with Crippen molar-refractivity contribution in [3.05, 3.63) is 141 Å². The number of carbonyl (C=O) groups is 3.